The van der Waals surface area contributed by atoms with Gasteiger partial charge in [0.25, 0.3) is 0 Å². The first-order valence-corrected chi connectivity index (χ1v) is 14.8. The first kappa shape index (κ1) is 28.1. The molecule has 3 atom stereocenters. The number of benzene rings is 2. The fourth-order valence-electron chi connectivity index (χ4n) is 6.28. The molecule has 10 nitrogen and oxygen atoms in total. The first-order valence-electron chi connectivity index (χ1n) is 14.8. The monoisotopic (exact) mass is 573 g/mol. The van der Waals surface area contributed by atoms with Gasteiger partial charge < -0.3 is 24.4 Å². The zero-order valence-electron chi connectivity index (χ0n) is 24.7. The molecule has 1 N–H and O–H groups in total. The van der Waals surface area contributed by atoms with E-state index in [0.29, 0.717) is 36.4 Å². The maximum Gasteiger partial charge on any atom is 0.410 e. The van der Waals surface area contributed by atoms with E-state index in [9.17, 15) is 9.59 Å². The molecule has 6 rings (SSSR count). The van der Waals surface area contributed by atoms with Crippen molar-refractivity contribution in [2.45, 2.75) is 45.8 Å². The van der Waals surface area contributed by atoms with Crippen LogP contribution in [0.3, 0.4) is 0 Å². The van der Waals surface area contributed by atoms with E-state index in [1.165, 1.54) is 0 Å². The van der Waals surface area contributed by atoms with Crippen molar-refractivity contribution >= 4 is 17.7 Å². The molecule has 10 heteroatoms. The lowest BCUT2D eigenvalue weighted by Gasteiger charge is -2.32. The summed E-state index contributed by atoms with van der Waals surface area (Å²) in [5.74, 6) is 1.82. The number of esters is 1. The third kappa shape index (κ3) is 5.68. The average Bonchev–Trinajstić information content (AvgIpc) is 3.65. The number of likely N-dealkylation sites (tertiary alicyclic amines) is 2. The fraction of sp³-hybridized carbons (Fsp3) is 0.469. The highest BCUT2D eigenvalue weighted by atomic mass is 16.6. The number of ether oxygens (including phenoxy) is 3. The average molecular weight is 574 g/mol. The van der Waals surface area contributed by atoms with E-state index in [2.05, 4.69) is 10.2 Å². The number of para-hydroxylation sites is 1. The zero-order valence-corrected chi connectivity index (χ0v) is 24.7. The number of hydrogen-bond donors (Lipinski definition) is 1. The summed E-state index contributed by atoms with van der Waals surface area (Å²) in [6, 6.07) is 17.2. The first-order chi connectivity index (χ1) is 20.2. The Balaban J connectivity index is 1.23. The summed E-state index contributed by atoms with van der Waals surface area (Å²) in [7, 11) is 0. The Morgan fingerprint density at radius 3 is 2.26 bits per heavy atom. The van der Waals surface area contributed by atoms with Crippen molar-refractivity contribution < 1.29 is 23.8 Å². The summed E-state index contributed by atoms with van der Waals surface area (Å²) in [5.41, 5.74) is 2.25. The Hall–Kier alpha value is -4.05. The van der Waals surface area contributed by atoms with E-state index >= 15 is 0 Å². The lowest BCUT2D eigenvalue weighted by molar-refractivity contribution is 0.0270. The van der Waals surface area contributed by atoms with E-state index in [0.717, 1.165) is 48.9 Å². The summed E-state index contributed by atoms with van der Waals surface area (Å²) >= 11 is 0. The van der Waals surface area contributed by atoms with Crippen LogP contribution in [0.25, 0.3) is 5.69 Å². The molecule has 0 spiro atoms. The molecular formula is C32H39N5O5. The smallest absolute Gasteiger partial charge is 0.410 e. The molecule has 4 heterocycles. The van der Waals surface area contributed by atoms with E-state index in [4.69, 9.17) is 19.3 Å². The van der Waals surface area contributed by atoms with Crippen LogP contribution >= 0.6 is 0 Å². The quantitative estimate of drug-likeness (QED) is 0.386. The van der Waals surface area contributed by atoms with Crippen molar-refractivity contribution in [1.82, 2.24) is 19.6 Å². The van der Waals surface area contributed by atoms with Gasteiger partial charge in [0, 0.05) is 32.7 Å². The Morgan fingerprint density at radius 1 is 0.952 bits per heavy atom. The van der Waals surface area contributed by atoms with Gasteiger partial charge in [0.1, 0.15) is 22.8 Å². The second kappa shape index (κ2) is 11.3. The Labute approximate surface area is 246 Å². The molecule has 3 unspecified atom stereocenters. The molecular weight excluding hydrogens is 534 g/mol. The number of carbonyl (C=O) groups is 2. The van der Waals surface area contributed by atoms with Crippen molar-refractivity contribution in [3.63, 3.8) is 0 Å². The molecule has 1 aromatic heterocycles. The summed E-state index contributed by atoms with van der Waals surface area (Å²) < 4.78 is 18.8. The largest absolute Gasteiger partial charge is 0.461 e. The Bertz CT molecular complexity index is 1420. The minimum atomic E-state index is -0.503. The predicted molar refractivity (Wildman–Crippen MR) is 158 cm³/mol. The van der Waals surface area contributed by atoms with E-state index in [-0.39, 0.29) is 18.7 Å². The zero-order chi connectivity index (χ0) is 29.4. The van der Waals surface area contributed by atoms with Crippen molar-refractivity contribution in [1.29, 1.82) is 0 Å². The van der Waals surface area contributed by atoms with Gasteiger partial charge in [0.15, 0.2) is 5.69 Å². The summed E-state index contributed by atoms with van der Waals surface area (Å²) in [6.07, 6.45) is 0.649. The van der Waals surface area contributed by atoms with Crippen LogP contribution in [0, 0.1) is 11.8 Å². The highest BCUT2D eigenvalue weighted by Crippen LogP contribution is 2.42. The number of amides is 1. The molecule has 0 radical (unpaired) electrons. The van der Waals surface area contributed by atoms with Crippen LogP contribution in [0.4, 0.5) is 10.5 Å². The lowest BCUT2D eigenvalue weighted by atomic mass is 10.0. The van der Waals surface area contributed by atoms with Gasteiger partial charge in [-0.25, -0.2) is 14.3 Å². The number of nitrogens with zero attached hydrogens (tertiary/aromatic N) is 4. The molecule has 3 aliphatic heterocycles. The standard InChI is InChI=1S/C32H39N5O5/c1-5-40-30(38)29-28-27(34-37(29)23-11-13-25(14-12-23)41-24-9-7-6-8-10-24)26(15-16-33-28)35-17-21-19-36(20-22(21)18-35)31(39)42-32(2,3)4/h6-14,21-22,26,33H,5,15-20H2,1-4H3. The molecule has 0 saturated carbocycles. The third-order valence-corrected chi connectivity index (χ3v) is 8.08. The summed E-state index contributed by atoms with van der Waals surface area (Å²) in [4.78, 5) is 30.2. The number of carbonyl (C=O) groups excluding carboxylic acids is 2. The summed E-state index contributed by atoms with van der Waals surface area (Å²) in [5, 5.41) is 8.48. The Kier molecular flexibility index (Phi) is 7.57. The predicted octanol–water partition coefficient (Wildman–Crippen LogP) is 5.50. The SMILES string of the molecule is CCOC(=O)c1c2c(nn1-c1ccc(Oc3ccccc3)cc1)C(N1CC3CN(C(=O)OC(C)(C)C)CC3C1)CCN2. The van der Waals surface area contributed by atoms with E-state index < -0.39 is 11.6 Å². The van der Waals surface area contributed by atoms with Crippen molar-refractivity contribution in [3.05, 3.63) is 66.0 Å². The van der Waals surface area contributed by atoms with Crippen LogP contribution in [0.2, 0.25) is 0 Å². The lowest BCUT2D eigenvalue weighted by Crippen LogP contribution is -2.39. The van der Waals surface area contributed by atoms with Gasteiger partial charge in [-0.2, -0.15) is 5.10 Å². The molecule has 3 aromatic rings. The van der Waals surface area contributed by atoms with Crippen LogP contribution in [0.5, 0.6) is 11.5 Å². The van der Waals surface area contributed by atoms with Crippen molar-refractivity contribution in [2.24, 2.45) is 11.8 Å². The van der Waals surface area contributed by atoms with Gasteiger partial charge in [0.05, 0.1) is 24.0 Å². The second-order valence-electron chi connectivity index (χ2n) is 12.2. The minimum Gasteiger partial charge on any atom is -0.461 e. The molecule has 3 aliphatic rings. The van der Waals surface area contributed by atoms with Crippen LogP contribution in [-0.2, 0) is 9.47 Å². The highest BCUT2D eigenvalue weighted by molar-refractivity contribution is 5.95. The van der Waals surface area contributed by atoms with Gasteiger partial charge in [-0.15, -0.1) is 0 Å². The number of anilines is 1. The second-order valence-corrected chi connectivity index (χ2v) is 12.2. The number of nitrogens with one attached hydrogen (secondary N) is 1. The molecule has 222 valence electrons. The summed E-state index contributed by atoms with van der Waals surface area (Å²) in [6.45, 7) is 11.7. The van der Waals surface area contributed by atoms with E-state index in [1.54, 1.807) is 11.6 Å². The maximum atomic E-state index is 13.3. The van der Waals surface area contributed by atoms with Gasteiger partial charge in [0.2, 0.25) is 0 Å². The maximum absolute atomic E-state index is 13.3. The molecule has 0 bridgehead atoms. The van der Waals surface area contributed by atoms with Crippen LogP contribution in [0.1, 0.15) is 56.3 Å². The minimum absolute atomic E-state index is 0.0666. The number of rotatable bonds is 6. The Morgan fingerprint density at radius 2 is 1.62 bits per heavy atom. The molecule has 2 saturated heterocycles. The fourth-order valence-corrected chi connectivity index (χ4v) is 6.28. The molecule has 0 aliphatic carbocycles. The van der Waals surface area contributed by atoms with Crippen LogP contribution < -0.4 is 10.1 Å². The molecule has 1 amide bonds. The number of fused-ring (bicyclic) bond motifs is 2. The van der Waals surface area contributed by atoms with Crippen molar-refractivity contribution in [2.75, 3.05) is 44.6 Å². The van der Waals surface area contributed by atoms with Crippen LogP contribution in [-0.4, -0.2) is 76.6 Å². The topological polar surface area (TPSA) is 98.2 Å². The van der Waals surface area contributed by atoms with Crippen LogP contribution in [0.15, 0.2) is 54.6 Å². The molecule has 2 aromatic carbocycles. The molecule has 42 heavy (non-hydrogen) atoms. The van der Waals surface area contributed by atoms with Gasteiger partial charge in [-0.05, 0) is 82.3 Å². The van der Waals surface area contributed by atoms with Gasteiger partial charge in [-0.1, -0.05) is 18.2 Å². The number of hydrogen-bond acceptors (Lipinski definition) is 8. The van der Waals surface area contributed by atoms with Gasteiger partial charge >= 0.3 is 12.1 Å². The number of aromatic nitrogens is 2. The highest BCUT2D eigenvalue weighted by Gasteiger charge is 2.46. The van der Waals surface area contributed by atoms with Crippen molar-refractivity contribution in [3.8, 4) is 17.2 Å². The third-order valence-electron chi connectivity index (χ3n) is 8.08. The molecule has 2 fully saturated rings. The van der Waals surface area contributed by atoms with E-state index in [1.807, 2.05) is 80.3 Å². The van der Waals surface area contributed by atoms with Gasteiger partial charge in [-0.3, -0.25) is 4.90 Å². The normalized spacial score (nSPS) is 21.8.